The van der Waals surface area contributed by atoms with Crippen LogP contribution in [0.2, 0.25) is 0 Å². The average Bonchev–Trinajstić information content (AvgIpc) is 2.95. The van der Waals surface area contributed by atoms with Crippen molar-refractivity contribution in [3.8, 4) is 0 Å². The van der Waals surface area contributed by atoms with Crippen LogP contribution >= 0.6 is 0 Å². The van der Waals surface area contributed by atoms with Gasteiger partial charge in [-0.25, -0.2) is 4.79 Å². The molecule has 10 heteroatoms. The fourth-order valence-corrected chi connectivity index (χ4v) is 3.06. The minimum Gasteiger partial charge on any atom is -0.481 e. The predicted octanol–water partition coefficient (Wildman–Crippen LogP) is 1.08. The third kappa shape index (κ3) is 4.29. The van der Waals surface area contributed by atoms with Crippen LogP contribution in [0.15, 0.2) is 0 Å². The zero-order chi connectivity index (χ0) is 17.9. The van der Waals surface area contributed by atoms with Gasteiger partial charge < -0.3 is 24.8 Å². The van der Waals surface area contributed by atoms with E-state index in [0.29, 0.717) is 26.2 Å². The van der Waals surface area contributed by atoms with E-state index in [0.717, 1.165) is 4.90 Å². The van der Waals surface area contributed by atoms with Crippen molar-refractivity contribution in [2.45, 2.75) is 31.7 Å². The maximum absolute atomic E-state index is 13.0. The third-order valence-electron chi connectivity index (χ3n) is 4.34. The maximum atomic E-state index is 13.0. The molecule has 2 amide bonds. The highest BCUT2D eigenvalue weighted by Gasteiger charge is 2.53. The Morgan fingerprint density at radius 2 is 2.08 bits per heavy atom. The van der Waals surface area contributed by atoms with Crippen LogP contribution in [0.3, 0.4) is 0 Å². The standard InChI is InChI=1S/C14H21F3N2O5/c1-2-24-11-7-23-4-3-10(11)18-13(22)19-5-8(12(20)21)9(6-19)14(15,16)17/h8-11H,2-7H2,1H3,(H,18,22)(H,20,21)/t8-,9-,10?,11?/m1/s1. The lowest BCUT2D eigenvalue weighted by molar-refractivity contribution is -0.187. The number of carboxylic acids is 1. The number of ether oxygens (including phenoxy) is 2. The second-order valence-corrected chi connectivity index (χ2v) is 5.91. The molecule has 0 spiro atoms. The van der Waals surface area contributed by atoms with E-state index in [4.69, 9.17) is 14.6 Å². The monoisotopic (exact) mass is 354 g/mol. The number of amides is 2. The fraction of sp³-hybridized carbons (Fsp3) is 0.857. The van der Waals surface area contributed by atoms with E-state index in [1.165, 1.54) is 0 Å². The van der Waals surface area contributed by atoms with Gasteiger partial charge in [0.05, 0.1) is 24.5 Å². The average molecular weight is 354 g/mol. The van der Waals surface area contributed by atoms with Gasteiger partial charge in [-0.15, -0.1) is 0 Å². The van der Waals surface area contributed by atoms with E-state index in [1.807, 2.05) is 0 Å². The van der Waals surface area contributed by atoms with E-state index in [-0.39, 0.29) is 12.1 Å². The molecule has 0 aliphatic carbocycles. The molecule has 4 atom stereocenters. The first-order valence-electron chi connectivity index (χ1n) is 7.78. The zero-order valence-corrected chi connectivity index (χ0v) is 13.2. The van der Waals surface area contributed by atoms with E-state index in [9.17, 15) is 22.8 Å². The molecule has 7 nitrogen and oxygen atoms in total. The fourth-order valence-electron chi connectivity index (χ4n) is 3.06. The number of nitrogens with zero attached hydrogens (tertiary/aromatic N) is 1. The third-order valence-corrected chi connectivity index (χ3v) is 4.34. The van der Waals surface area contributed by atoms with Crippen molar-refractivity contribution in [2.75, 3.05) is 32.9 Å². The number of alkyl halides is 3. The van der Waals surface area contributed by atoms with Crippen molar-refractivity contribution in [2.24, 2.45) is 11.8 Å². The second kappa shape index (κ2) is 7.56. The topological polar surface area (TPSA) is 88.1 Å². The molecule has 138 valence electrons. The van der Waals surface area contributed by atoms with Crippen molar-refractivity contribution in [1.82, 2.24) is 10.2 Å². The predicted molar refractivity (Wildman–Crippen MR) is 75.4 cm³/mol. The first-order chi connectivity index (χ1) is 11.2. The number of likely N-dealkylation sites (tertiary alicyclic amines) is 1. The molecule has 0 radical (unpaired) electrons. The summed E-state index contributed by atoms with van der Waals surface area (Å²) in [4.78, 5) is 24.2. The lowest BCUT2D eigenvalue weighted by atomic mass is 9.96. The first kappa shape index (κ1) is 18.8. The van der Waals surface area contributed by atoms with Gasteiger partial charge in [-0.2, -0.15) is 13.2 Å². The SMILES string of the molecule is CCOC1COCCC1NC(=O)N1C[C@@H](C(F)(F)F)[C@H](C(=O)O)C1. The minimum atomic E-state index is -4.66. The Kier molecular flexibility index (Phi) is 5.92. The molecule has 0 aromatic rings. The van der Waals surface area contributed by atoms with Crippen LogP contribution in [-0.2, 0) is 14.3 Å². The lowest BCUT2D eigenvalue weighted by Gasteiger charge is -2.33. The number of aliphatic carboxylic acids is 1. The van der Waals surface area contributed by atoms with Gasteiger partial charge in [0.1, 0.15) is 6.10 Å². The molecule has 24 heavy (non-hydrogen) atoms. The molecule has 2 rings (SSSR count). The van der Waals surface area contributed by atoms with Gasteiger partial charge in [0.25, 0.3) is 0 Å². The van der Waals surface area contributed by atoms with Gasteiger partial charge >= 0.3 is 18.2 Å². The molecular weight excluding hydrogens is 333 g/mol. The van der Waals surface area contributed by atoms with Crippen molar-refractivity contribution in [1.29, 1.82) is 0 Å². The van der Waals surface area contributed by atoms with Crippen molar-refractivity contribution >= 4 is 12.0 Å². The summed E-state index contributed by atoms with van der Waals surface area (Å²) in [5, 5.41) is 11.6. The van der Waals surface area contributed by atoms with Crippen LogP contribution in [0.1, 0.15) is 13.3 Å². The lowest BCUT2D eigenvalue weighted by Crippen LogP contribution is -2.53. The maximum Gasteiger partial charge on any atom is 0.394 e. The number of carboxylic acid groups (broad SMARTS) is 1. The Morgan fingerprint density at radius 3 is 2.62 bits per heavy atom. The molecule has 2 fully saturated rings. The molecule has 2 unspecified atom stereocenters. The van der Waals surface area contributed by atoms with E-state index in [2.05, 4.69) is 5.32 Å². The Morgan fingerprint density at radius 1 is 1.38 bits per heavy atom. The van der Waals surface area contributed by atoms with Gasteiger partial charge in [0.15, 0.2) is 0 Å². The van der Waals surface area contributed by atoms with Crippen LogP contribution in [0, 0.1) is 11.8 Å². The van der Waals surface area contributed by atoms with Crippen LogP contribution in [0.25, 0.3) is 0 Å². The van der Waals surface area contributed by atoms with Gasteiger partial charge in [0, 0.05) is 26.3 Å². The number of nitrogens with one attached hydrogen (secondary N) is 1. The minimum absolute atomic E-state index is 0.293. The summed E-state index contributed by atoms with van der Waals surface area (Å²) in [6, 6.07) is -1.08. The number of urea groups is 1. The van der Waals surface area contributed by atoms with Crippen LogP contribution in [0.5, 0.6) is 0 Å². The normalized spacial score (nSPS) is 31.1. The highest BCUT2D eigenvalue weighted by molar-refractivity contribution is 5.78. The van der Waals surface area contributed by atoms with Crippen molar-refractivity contribution in [3.63, 3.8) is 0 Å². The van der Waals surface area contributed by atoms with Gasteiger partial charge in [-0.3, -0.25) is 4.79 Å². The number of carbonyl (C=O) groups is 2. The molecule has 0 bridgehead atoms. The number of halogens is 3. The highest BCUT2D eigenvalue weighted by atomic mass is 19.4. The Balaban J connectivity index is 2.00. The molecular formula is C14H21F3N2O5. The summed E-state index contributed by atoms with van der Waals surface area (Å²) in [5.74, 6) is -5.25. The number of hydrogen-bond acceptors (Lipinski definition) is 4. The quantitative estimate of drug-likeness (QED) is 0.789. The molecule has 2 aliphatic heterocycles. The van der Waals surface area contributed by atoms with E-state index in [1.54, 1.807) is 6.92 Å². The van der Waals surface area contributed by atoms with Crippen molar-refractivity contribution in [3.05, 3.63) is 0 Å². The Hall–Kier alpha value is -1.55. The summed E-state index contributed by atoms with van der Waals surface area (Å²) >= 11 is 0. The van der Waals surface area contributed by atoms with Gasteiger partial charge in [-0.1, -0.05) is 0 Å². The number of carbonyl (C=O) groups excluding carboxylic acids is 1. The highest BCUT2D eigenvalue weighted by Crippen LogP contribution is 2.37. The summed E-state index contributed by atoms with van der Waals surface area (Å²) < 4.78 is 49.6. The molecule has 2 aliphatic rings. The Bertz CT molecular complexity index is 472. The summed E-state index contributed by atoms with van der Waals surface area (Å²) in [7, 11) is 0. The van der Waals surface area contributed by atoms with E-state index >= 15 is 0 Å². The largest absolute Gasteiger partial charge is 0.481 e. The summed E-state index contributed by atoms with van der Waals surface area (Å²) in [6.07, 6.45) is -4.55. The molecule has 2 saturated heterocycles. The molecule has 2 N–H and O–H groups in total. The number of rotatable bonds is 4. The zero-order valence-electron chi connectivity index (χ0n) is 13.2. The van der Waals surface area contributed by atoms with Crippen LogP contribution in [-0.4, -0.2) is 73.2 Å². The van der Waals surface area contributed by atoms with E-state index < -0.39 is 43.1 Å². The van der Waals surface area contributed by atoms with Gasteiger partial charge in [0.2, 0.25) is 0 Å². The molecule has 0 saturated carbocycles. The molecule has 0 aromatic heterocycles. The van der Waals surface area contributed by atoms with Crippen LogP contribution in [0.4, 0.5) is 18.0 Å². The number of hydrogen-bond donors (Lipinski definition) is 2. The van der Waals surface area contributed by atoms with Crippen LogP contribution < -0.4 is 5.32 Å². The van der Waals surface area contributed by atoms with Crippen molar-refractivity contribution < 1.29 is 37.3 Å². The smallest absolute Gasteiger partial charge is 0.394 e. The summed E-state index contributed by atoms with van der Waals surface area (Å²) in [6.45, 7) is 1.79. The second-order valence-electron chi connectivity index (χ2n) is 5.91. The molecule has 0 aromatic carbocycles. The molecule has 2 heterocycles. The van der Waals surface area contributed by atoms with Gasteiger partial charge in [-0.05, 0) is 13.3 Å². The first-order valence-corrected chi connectivity index (χ1v) is 7.78. The summed E-state index contributed by atoms with van der Waals surface area (Å²) in [5.41, 5.74) is 0. The Labute approximate surface area is 137 Å².